The lowest BCUT2D eigenvalue weighted by Crippen LogP contribution is -2.45. The second-order valence-electron chi connectivity index (χ2n) is 9.19. The number of hydrogen-bond donors (Lipinski definition) is 0. The first-order valence-corrected chi connectivity index (χ1v) is 13.4. The van der Waals surface area contributed by atoms with Gasteiger partial charge in [0, 0.05) is 32.7 Å². The van der Waals surface area contributed by atoms with Crippen molar-refractivity contribution in [1.82, 2.24) is 14.1 Å². The van der Waals surface area contributed by atoms with Gasteiger partial charge in [0.2, 0.25) is 10.0 Å². The maximum Gasteiger partial charge on any atom is 0.257 e. The van der Waals surface area contributed by atoms with Gasteiger partial charge < -0.3 is 14.5 Å². The molecule has 0 N–H and O–H groups in total. The number of carbonyl (C=O) groups excluding carboxylic acids is 1. The van der Waals surface area contributed by atoms with Crippen molar-refractivity contribution in [1.29, 1.82) is 0 Å². The van der Waals surface area contributed by atoms with Gasteiger partial charge in [-0.3, -0.25) is 4.79 Å². The zero-order valence-electron chi connectivity index (χ0n) is 20.0. The van der Waals surface area contributed by atoms with Crippen molar-refractivity contribution >= 4 is 15.9 Å². The second kappa shape index (κ2) is 11.0. The van der Waals surface area contributed by atoms with Gasteiger partial charge in [-0.1, -0.05) is 20.8 Å². The van der Waals surface area contributed by atoms with Crippen molar-refractivity contribution in [2.75, 3.05) is 52.9 Å². The summed E-state index contributed by atoms with van der Waals surface area (Å²) < 4.78 is 32.8. The molecule has 0 spiro atoms. The monoisotopic (exact) mass is 465 g/mol. The largest absolute Gasteiger partial charge is 0.496 e. The van der Waals surface area contributed by atoms with Crippen LogP contribution in [0.2, 0.25) is 0 Å². The third kappa shape index (κ3) is 5.64. The molecule has 2 heterocycles. The lowest BCUT2D eigenvalue weighted by molar-refractivity contribution is 0.0619. The molecule has 0 saturated carbocycles. The van der Waals surface area contributed by atoms with Gasteiger partial charge in [0.25, 0.3) is 5.91 Å². The van der Waals surface area contributed by atoms with E-state index in [1.54, 1.807) is 6.07 Å². The van der Waals surface area contributed by atoms with Crippen LogP contribution >= 0.6 is 0 Å². The number of carbonyl (C=O) groups is 1. The molecule has 32 heavy (non-hydrogen) atoms. The Morgan fingerprint density at radius 3 is 2.44 bits per heavy atom. The summed E-state index contributed by atoms with van der Waals surface area (Å²) in [6.45, 7) is 11.4. The van der Waals surface area contributed by atoms with Crippen LogP contribution in [0.25, 0.3) is 0 Å². The first-order valence-electron chi connectivity index (χ1n) is 12.0. The molecule has 8 heteroatoms. The van der Waals surface area contributed by atoms with Crippen molar-refractivity contribution in [2.45, 2.75) is 51.3 Å². The Morgan fingerprint density at radius 2 is 1.81 bits per heavy atom. The zero-order valence-corrected chi connectivity index (χ0v) is 20.9. The molecule has 0 radical (unpaired) electrons. The topological polar surface area (TPSA) is 70.2 Å². The number of sulfonamides is 1. The van der Waals surface area contributed by atoms with E-state index in [-0.39, 0.29) is 10.8 Å². The van der Waals surface area contributed by atoms with Gasteiger partial charge in [-0.25, -0.2) is 8.42 Å². The van der Waals surface area contributed by atoms with Crippen LogP contribution in [0.3, 0.4) is 0 Å². The number of benzene rings is 1. The van der Waals surface area contributed by atoms with Crippen molar-refractivity contribution in [3.8, 4) is 5.75 Å². The third-order valence-corrected chi connectivity index (χ3v) is 8.99. The van der Waals surface area contributed by atoms with Gasteiger partial charge in [0.1, 0.15) is 5.75 Å². The van der Waals surface area contributed by atoms with E-state index in [4.69, 9.17) is 4.74 Å². The smallest absolute Gasteiger partial charge is 0.257 e. The Kier molecular flexibility index (Phi) is 8.58. The van der Waals surface area contributed by atoms with E-state index in [1.807, 2.05) is 18.7 Å². The van der Waals surface area contributed by atoms with Crippen molar-refractivity contribution < 1.29 is 17.9 Å². The molecule has 3 rings (SSSR count). The maximum atomic E-state index is 13.5. The van der Waals surface area contributed by atoms with Gasteiger partial charge in [-0.15, -0.1) is 0 Å². The lowest BCUT2D eigenvalue weighted by Gasteiger charge is -2.38. The summed E-state index contributed by atoms with van der Waals surface area (Å²) in [5, 5.41) is 0. The quantitative estimate of drug-likeness (QED) is 0.589. The summed E-state index contributed by atoms with van der Waals surface area (Å²) in [6.07, 6.45) is 4.60. The normalized spacial score (nSPS) is 21.2. The summed E-state index contributed by atoms with van der Waals surface area (Å²) in [4.78, 5) is 18.0. The van der Waals surface area contributed by atoms with Crippen LogP contribution in [0.5, 0.6) is 5.75 Å². The zero-order chi connectivity index (χ0) is 23.3. The van der Waals surface area contributed by atoms with Gasteiger partial charge in [-0.2, -0.15) is 4.31 Å². The molecule has 1 amide bonds. The molecule has 1 aromatic carbocycles. The molecule has 1 atom stereocenters. The van der Waals surface area contributed by atoms with Crippen molar-refractivity contribution in [3.05, 3.63) is 23.8 Å². The molecule has 2 aliphatic heterocycles. The van der Waals surface area contributed by atoms with E-state index in [9.17, 15) is 13.2 Å². The maximum absolute atomic E-state index is 13.5. The van der Waals surface area contributed by atoms with Crippen LogP contribution in [0, 0.1) is 11.8 Å². The molecule has 1 unspecified atom stereocenters. The van der Waals surface area contributed by atoms with E-state index in [0.717, 1.165) is 38.4 Å². The van der Waals surface area contributed by atoms with Crippen LogP contribution < -0.4 is 4.74 Å². The van der Waals surface area contributed by atoms with Crippen molar-refractivity contribution in [3.63, 3.8) is 0 Å². The Morgan fingerprint density at radius 1 is 1.12 bits per heavy atom. The van der Waals surface area contributed by atoms with Crippen LogP contribution in [-0.4, -0.2) is 81.4 Å². The molecule has 180 valence electrons. The van der Waals surface area contributed by atoms with E-state index in [1.165, 1.54) is 36.4 Å². The number of methoxy groups -OCH3 is 1. The number of ether oxygens (including phenoxy) is 1. The lowest BCUT2D eigenvalue weighted by atomic mass is 9.94. The fraction of sp³-hybridized carbons (Fsp3) is 0.708. The van der Waals surface area contributed by atoms with Crippen LogP contribution in [0.4, 0.5) is 0 Å². The van der Waals surface area contributed by atoms with E-state index < -0.39 is 10.0 Å². The number of nitrogens with zero attached hydrogens (tertiary/aromatic N) is 3. The van der Waals surface area contributed by atoms with Gasteiger partial charge in [0.05, 0.1) is 17.6 Å². The first kappa shape index (κ1) is 25.0. The molecular weight excluding hydrogens is 426 g/mol. The summed E-state index contributed by atoms with van der Waals surface area (Å²) >= 11 is 0. The summed E-state index contributed by atoms with van der Waals surface area (Å²) in [6, 6.07) is 4.62. The molecular formula is C24H39N3O4S. The number of piperidine rings is 2. The number of likely N-dealkylation sites (tertiary alicyclic amines) is 2. The van der Waals surface area contributed by atoms with Gasteiger partial charge in [0.15, 0.2) is 0 Å². The van der Waals surface area contributed by atoms with Crippen molar-refractivity contribution in [2.24, 2.45) is 11.8 Å². The van der Waals surface area contributed by atoms with E-state index in [2.05, 4.69) is 11.8 Å². The Balaban J connectivity index is 1.77. The fourth-order valence-electron chi connectivity index (χ4n) is 4.91. The first-order chi connectivity index (χ1) is 15.3. The molecule has 2 aliphatic rings. The standard InChI is InChI=1S/C24H39N3O4S/c1-5-27(6-2)32(29,30)21-9-10-23(31-4)22(16-21)24(28)26-13-7-8-20(18-26)17-25-14-11-19(3)12-15-25/h9-10,16,19-20H,5-8,11-15,17-18H2,1-4H3. The predicted octanol–water partition coefficient (Wildman–Crippen LogP) is 3.31. The fourth-order valence-corrected chi connectivity index (χ4v) is 6.39. The SMILES string of the molecule is CCN(CC)S(=O)(=O)c1ccc(OC)c(C(=O)N2CCCC(CN3CCC(C)CC3)C2)c1. The highest BCUT2D eigenvalue weighted by Crippen LogP contribution is 2.28. The molecule has 0 aliphatic carbocycles. The predicted molar refractivity (Wildman–Crippen MR) is 127 cm³/mol. The highest BCUT2D eigenvalue weighted by molar-refractivity contribution is 7.89. The van der Waals surface area contributed by atoms with Gasteiger partial charge >= 0.3 is 0 Å². The second-order valence-corrected chi connectivity index (χ2v) is 11.1. The number of hydrogen-bond acceptors (Lipinski definition) is 5. The highest BCUT2D eigenvalue weighted by Gasteiger charge is 2.30. The summed E-state index contributed by atoms with van der Waals surface area (Å²) in [5.74, 6) is 1.54. The number of rotatable bonds is 8. The minimum absolute atomic E-state index is 0.140. The molecule has 7 nitrogen and oxygen atoms in total. The average Bonchev–Trinajstić information content (AvgIpc) is 2.80. The highest BCUT2D eigenvalue weighted by atomic mass is 32.2. The van der Waals surface area contributed by atoms with Crippen LogP contribution in [0.1, 0.15) is 56.8 Å². The molecule has 0 aromatic heterocycles. The molecule has 0 bridgehead atoms. The van der Waals surface area contributed by atoms with Crippen LogP contribution in [0.15, 0.2) is 23.1 Å². The summed E-state index contributed by atoms with van der Waals surface area (Å²) in [5.41, 5.74) is 0.327. The van der Waals surface area contributed by atoms with E-state index >= 15 is 0 Å². The summed E-state index contributed by atoms with van der Waals surface area (Å²) in [7, 11) is -2.13. The minimum atomic E-state index is -3.65. The minimum Gasteiger partial charge on any atom is -0.496 e. The average molecular weight is 466 g/mol. The number of amides is 1. The third-order valence-electron chi connectivity index (χ3n) is 6.94. The molecule has 1 aromatic rings. The van der Waals surface area contributed by atoms with E-state index in [0.29, 0.717) is 43.4 Å². The Labute approximate surface area is 193 Å². The van der Waals surface area contributed by atoms with Crippen LogP contribution in [-0.2, 0) is 10.0 Å². The van der Waals surface area contributed by atoms with Gasteiger partial charge in [-0.05, 0) is 68.8 Å². The molecule has 2 fully saturated rings. The Hall–Kier alpha value is -1.64. The molecule has 2 saturated heterocycles. The Bertz CT molecular complexity index is 877.